The largest absolute Gasteiger partial charge is 0.300 e. The number of piperidine rings is 1. The predicted octanol–water partition coefficient (Wildman–Crippen LogP) is 4.47. The first-order valence-corrected chi connectivity index (χ1v) is 7.52. The smallest absolute Gasteiger partial charge is 0.00952 e. The van der Waals surface area contributed by atoms with Crippen LogP contribution in [0.4, 0.5) is 0 Å². The molecular weight excluding hydrogens is 194 g/mol. The predicted molar refractivity (Wildman–Crippen MR) is 72.8 cm³/mol. The van der Waals surface area contributed by atoms with Crippen LogP contribution in [0.2, 0.25) is 0 Å². The molecule has 1 rings (SSSR count). The van der Waals surface area contributed by atoms with Crippen LogP contribution < -0.4 is 0 Å². The molecule has 0 amide bonds. The van der Waals surface area contributed by atoms with Crippen LogP contribution in [0.25, 0.3) is 0 Å². The number of likely N-dealkylation sites (tertiary alicyclic amines) is 1. The van der Waals surface area contributed by atoms with Crippen molar-refractivity contribution in [3.05, 3.63) is 0 Å². The summed E-state index contributed by atoms with van der Waals surface area (Å²) in [6.45, 7) is 9.79. The van der Waals surface area contributed by atoms with Crippen LogP contribution in [0, 0.1) is 5.92 Å². The summed E-state index contributed by atoms with van der Waals surface area (Å²) in [5.41, 5.74) is 0. The van der Waals surface area contributed by atoms with Crippen LogP contribution in [-0.2, 0) is 0 Å². The van der Waals surface area contributed by atoms with Gasteiger partial charge in [-0.05, 0) is 51.1 Å². The van der Waals surface area contributed by atoms with Crippen LogP contribution in [0.15, 0.2) is 0 Å². The van der Waals surface area contributed by atoms with Crippen LogP contribution in [0.3, 0.4) is 0 Å². The Bertz CT molecular complexity index is 161. The second kappa shape index (κ2) is 8.11. The molecule has 2 atom stereocenters. The summed E-state index contributed by atoms with van der Waals surface area (Å²) < 4.78 is 0. The number of hydrogen-bond acceptors (Lipinski definition) is 1. The van der Waals surface area contributed by atoms with Gasteiger partial charge in [0.15, 0.2) is 0 Å². The third kappa shape index (κ3) is 4.86. The van der Waals surface area contributed by atoms with Gasteiger partial charge >= 0.3 is 0 Å². The molecule has 0 bridgehead atoms. The van der Waals surface area contributed by atoms with E-state index in [1.54, 1.807) is 0 Å². The van der Waals surface area contributed by atoms with Gasteiger partial charge in [0.1, 0.15) is 0 Å². The first-order valence-electron chi connectivity index (χ1n) is 7.52. The summed E-state index contributed by atoms with van der Waals surface area (Å²) in [5, 5.41) is 0. The van der Waals surface area contributed by atoms with E-state index in [4.69, 9.17) is 0 Å². The fourth-order valence-electron chi connectivity index (χ4n) is 2.81. The minimum Gasteiger partial charge on any atom is -0.300 e. The van der Waals surface area contributed by atoms with E-state index in [0.717, 1.165) is 12.0 Å². The van der Waals surface area contributed by atoms with Gasteiger partial charge in [0.25, 0.3) is 0 Å². The molecule has 1 heteroatoms. The molecule has 0 aromatic heterocycles. The molecule has 0 N–H and O–H groups in total. The minimum absolute atomic E-state index is 0.888. The zero-order valence-electron chi connectivity index (χ0n) is 11.7. The van der Waals surface area contributed by atoms with Crippen molar-refractivity contribution in [2.24, 2.45) is 5.92 Å². The van der Waals surface area contributed by atoms with E-state index in [0.29, 0.717) is 0 Å². The third-order valence-electron chi connectivity index (χ3n) is 4.22. The highest BCUT2D eigenvalue weighted by molar-refractivity contribution is 4.75. The van der Waals surface area contributed by atoms with Gasteiger partial charge in [-0.2, -0.15) is 0 Å². The van der Waals surface area contributed by atoms with Crippen LogP contribution in [0.1, 0.15) is 72.1 Å². The topological polar surface area (TPSA) is 3.24 Å². The van der Waals surface area contributed by atoms with E-state index in [1.165, 1.54) is 64.5 Å². The Morgan fingerprint density at radius 3 is 2.19 bits per heavy atom. The van der Waals surface area contributed by atoms with Crippen molar-refractivity contribution in [3.63, 3.8) is 0 Å². The Balaban J connectivity index is 2.33. The van der Waals surface area contributed by atoms with Gasteiger partial charge in [0.05, 0.1) is 0 Å². The Kier molecular flexibility index (Phi) is 7.11. The summed E-state index contributed by atoms with van der Waals surface area (Å²) in [5.74, 6) is 0.921. The molecule has 2 unspecified atom stereocenters. The Morgan fingerprint density at radius 1 is 0.938 bits per heavy atom. The van der Waals surface area contributed by atoms with E-state index in [1.807, 2.05) is 0 Å². The molecule has 0 aromatic carbocycles. The van der Waals surface area contributed by atoms with Gasteiger partial charge in [0.2, 0.25) is 0 Å². The normalized spacial score (nSPS) is 21.9. The first kappa shape index (κ1) is 14.0. The summed E-state index contributed by atoms with van der Waals surface area (Å²) >= 11 is 0. The number of nitrogens with zero attached hydrogens (tertiary/aromatic N) is 1. The summed E-state index contributed by atoms with van der Waals surface area (Å²) in [4.78, 5) is 2.77. The highest BCUT2D eigenvalue weighted by atomic mass is 15.2. The Labute approximate surface area is 103 Å². The lowest BCUT2D eigenvalue weighted by Crippen LogP contribution is -2.39. The molecular formula is C15H31N. The van der Waals surface area contributed by atoms with Gasteiger partial charge in [-0.25, -0.2) is 0 Å². The molecule has 96 valence electrons. The van der Waals surface area contributed by atoms with E-state index in [-0.39, 0.29) is 0 Å². The maximum Gasteiger partial charge on any atom is 0.00952 e. The maximum absolute atomic E-state index is 2.77. The Morgan fingerprint density at radius 2 is 1.62 bits per heavy atom. The van der Waals surface area contributed by atoms with E-state index >= 15 is 0 Å². The van der Waals surface area contributed by atoms with Gasteiger partial charge in [-0.15, -0.1) is 0 Å². The first-order chi connectivity index (χ1) is 7.77. The molecule has 0 spiro atoms. The summed E-state index contributed by atoms with van der Waals surface area (Å²) in [6, 6.07) is 0.888. The van der Waals surface area contributed by atoms with Crippen LogP contribution in [-0.4, -0.2) is 24.0 Å². The lowest BCUT2D eigenvalue weighted by Gasteiger charge is -2.35. The fourth-order valence-corrected chi connectivity index (χ4v) is 2.81. The quantitative estimate of drug-likeness (QED) is 0.618. The molecule has 0 aliphatic carbocycles. The van der Waals surface area contributed by atoms with E-state index in [2.05, 4.69) is 25.7 Å². The van der Waals surface area contributed by atoms with Gasteiger partial charge in [0, 0.05) is 6.04 Å². The summed E-state index contributed by atoms with van der Waals surface area (Å²) in [6.07, 6.45) is 11.3. The molecule has 1 nitrogen and oxygen atoms in total. The third-order valence-corrected chi connectivity index (χ3v) is 4.22. The highest BCUT2D eigenvalue weighted by Gasteiger charge is 2.19. The molecule has 0 saturated carbocycles. The lowest BCUT2D eigenvalue weighted by atomic mass is 9.95. The number of rotatable bonds is 7. The molecule has 0 aromatic rings. The van der Waals surface area contributed by atoms with Crippen molar-refractivity contribution in [1.29, 1.82) is 0 Å². The summed E-state index contributed by atoms with van der Waals surface area (Å²) in [7, 11) is 0. The molecule has 1 aliphatic heterocycles. The molecule has 1 aliphatic rings. The molecule has 1 heterocycles. The van der Waals surface area contributed by atoms with E-state index < -0.39 is 0 Å². The van der Waals surface area contributed by atoms with Crippen molar-refractivity contribution in [2.75, 3.05) is 13.1 Å². The Hall–Kier alpha value is -0.0400. The zero-order chi connectivity index (χ0) is 11.8. The van der Waals surface area contributed by atoms with Crippen molar-refractivity contribution >= 4 is 0 Å². The average molecular weight is 225 g/mol. The fraction of sp³-hybridized carbons (Fsp3) is 1.00. The molecule has 16 heavy (non-hydrogen) atoms. The second-order valence-corrected chi connectivity index (χ2v) is 5.63. The zero-order valence-corrected chi connectivity index (χ0v) is 11.7. The van der Waals surface area contributed by atoms with Gasteiger partial charge in [-0.1, -0.05) is 40.0 Å². The average Bonchev–Trinajstić information content (AvgIpc) is 2.35. The van der Waals surface area contributed by atoms with Crippen LogP contribution in [0.5, 0.6) is 0 Å². The second-order valence-electron chi connectivity index (χ2n) is 5.63. The van der Waals surface area contributed by atoms with Gasteiger partial charge < -0.3 is 4.90 Å². The monoisotopic (exact) mass is 225 g/mol. The molecule has 1 fully saturated rings. The van der Waals surface area contributed by atoms with Crippen molar-refractivity contribution in [3.8, 4) is 0 Å². The van der Waals surface area contributed by atoms with E-state index in [9.17, 15) is 0 Å². The minimum atomic E-state index is 0.888. The number of hydrogen-bond donors (Lipinski definition) is 0. The van der Waals surface area contributed by atoms with Crippen molar-refractivity contribution in [2.45, 2.75) is 78.2 Å². The standard InChI is InChI=1S/C15H31N/c1-4-9-15(11-10-14(3)5-2)16-12-7-6-8-13-16/h14-15H,4-13H2,1-3H3. The SMILES string of the molecule is CCCC(CCC(C)CC)N1CCCCC1. The molecule has 1 saturated heterocycles. The molecule has 0 radical (unpaired) electrons. The van der Waals surface area contributed by atoms with Crippen molar-refractivity contribution in [1.82, 2.24) is 4.90 Å². The lowest BCUT2D eigenvalue weighted by molar-refractivity contribution is 0.141. The van der Waals surface area contributed by atoms with Crippen LogP contribution >= 0.6 is 0 Å². The highest BCUT2D eigenvalue weighted by Crippen LogP contribution is 2.21. The van der Waals surface area contributed by atoms with Crippen molar-refractivity contribution < 1.29 is 0 Å². The maximum atomic E-state index is 2.77. The van der Waals surface area contributed by atoms with Gasteiger partial charge in [-0.3, -0.25) is 0 Å².